The highest BCUT2D eigenvalue weighted by molar-refractivity contribution is 5.25. The van der Waals surface area contributed by atoms with Crippen molar-refractivity contribution in [2.45, 2.75) is 25.8 Å². The zero-order valence-electron chi connectivity index (χ0n) is 10.5. The number of rotatable bonds is 8. The van der Waals surface area contributed by atoms with E-state index in [1.807, 2.05) is 6.92 Å². The number of aliphatic hydroxyl groups is 1. The molecule has 0 bridgehead atoms. The highest BCUT2D eigenvalue weighted by Crippen LogP contribution is 2.19. The molecule has 0 aliphatic heterocycles. The van der Waals surface area contributed by atoms with Gasteiger partial charge in [0.2, 0.25) is 5.82 Å². The maximum absolute atomic E-state index is 13.3. The van der Waals surface area contributed by atoms with E-state index in [9.17, 15) is 8.78 Å². The predicted molar refractivity (Wildman–Crippen MR) is 65.6 cm³/mol. The molecule has 3 nitrogen and oxygen atoms in total. The van der Waals surface area contributed by atoms with E-state index in [0.29, 0.717) is 6.42 Å². The highest BCUT2D eigenvalue weighted by Gasteiger charge is 2.12. The fourth-order valence-electron chi connectivity index (χ4n) is 1.53. The van der Waals surface area contributed by atoms with Gasteiger partial charge in [-0.2, -0.15) is 4.39 Å². The van der Waals surface area contributed by atoms with E-state index >= 15 is 0 Å². The van der Waals surface area contributed by atoms with Crippen LogP contribution in [0.25, 0.3) is 0 Å². The van der Waals surface area contributed by atoms with Crippen LogP contribution >= 0.6 is 0 Å². The molecule has 0 amide bonds. The van der Waals surface area contributed by atoms with E-state index in [1.54, 1.807) is 0 Å². The summed E-state index contributed by atoms with van der Waals surface area (Å²) in [4.78, 5) is 0. The van der Waals surface area contributed by atoms with E-state index in [4.69, 9.17) is 9.84 Å². The molecule has 1 unspecified atom stereocenters. The molecular formula is C13H19F2NO2. The van der Waals surface area contributed by atoms with Gasteiger partial charge >= 0.3 is 0 Å². The normalized spacial score (nSPS) is 12.4. The van der Waals surface area contributed by atoms with Crippen molar-refractivity contribution in [2.24, 2.45) is 0 Å². The molecule has 0 fully saturated rings. The molecule has 102 valence electrons. The molecule has 0 aliphatic carbocycles. The minimum absolute atomic E-state index is 0.0242. The number of halogens is 2. The second kappa shape index (κ2) is 8.00. The van der Waals surface area contributed by atoms with Gasteiger partial charge in [-0.1, -0.05) is 13.0 Å². The van der Waals surface area contributed by atoms with Crippen LogP contribution in [0.1, 0.15) is 19.8 Å². The van der Waals surface area contributed by atoms with Crippen molar-refractivity contribution in [3.05, 3.63) is 29.8 Å². The van der Waals surface area contributed by atoms with Gasteiger partial charge in [-0.05, 0) is 31.5 Å². The van der Waals surface area contributed by atoms with Crippen LogP contribution in [0.5, 0.6) is 5.75 Å². The minimum Gasteiger partial charge on any atom is -0.489 e. The first kappa shape index (κ1) is 14.9. The summed E-state index contributed by atoms with van der Waals surface area (Å²) in [6, 6.07) is 3.75. The number of nitrogens with one attached hydrogen (secondary N) is 1. The van der Waals surface area contributed by atoms with Gasteiger partial charge in [-0.15, -0.1) is 0 Å². The summed E-state index contributed by atoms with van der Waals surface area (Å²) in [5.74, 6) is -2.00. The van der Waals surface area contributed by atoms with Gasteiger partial charge in [0.15, 0.2) is 11.6 Å². The van der Waals surface area contributed by atoms with Crippen LogP contribution in [-0.2, 0) is 0 Å². The lowest BCUT2D eigenvalue weighted by Crippen LogP contribution is -2.36. The Morgan fingerprint density at radius 1 is 1.39 bits per heavy atom. The van der Waals surface area contributed by atoms with Gasteiger partial charge in [0.25, 0.3) is 0 Å². The molecule has 0 radical (unpaired) electrons. The quantitative estimate of drug-likeness (QED) is 0.751. The van der Waals surface area contributed by atoms with Crippen LogP contribution in [0, 0.1) is 11.6 Å². The molecule has 0 spiro atoms. The molecule has 5 heteroatoms. The van der Waals surface area contributed by atoms with Gasteiger partial charge in [0.1, 0.15) is 6.61 Å². The van der Waals surface area contributed by atoms with Crippen LogP contribution in [-0.4, -0.2) is 30.9 Å². The number of benzene rings is 1. The number of aliphatic hydroxyl groups excluding tert-OH is 1. The maximum Gasteiger partial charge on any atom is 0.200 e. The van der Waals surface area contributed by atoms with Gasteiger partial charge in [-0.25, -0.2) is 4.39 Å². The van der Waals surface area contributed by atoms with Crippen molar-refractivity contribution in [3.8, 4) is 5.75 Å². The van der Waals surface area contributed by atoms with E-state index in [0.717, 1.165) is 19.0 Å². The average molecular weight is 259 g/mol. The lowest BCUT2D eigenvalue weighted by atomic mass is 10.2. The fourth-order valence-corrected chi connectivity index (χ4v) is 1.53. The summed E-state index contributed by atoms with van der Waals surface area (Å²) in [6.45, 7) is 3.03. The molecule has 0 saturated heterocycles. The first-order valence-electron chi connectivity index (χ1n) is 6.10. The molecule has 0 heterocycles. The van der Waals surface area contributed by atoms with Crippen molar-refractivity contribution in [2.75, 3.05) is 19.8 Å². The summed E-state index contributed by atoms with van der Waals surface area (Å²) in [6.07, 6.45) is 1.47. The fraction of sp³-hybridized carbons (Fsp3) is 0.538. The zero-order chi connectivity index (χ0) is 13.4. The van der Waals surface area contributed by atoms with Gasteiger partial charge < -0.3 is 15.2 Å². The SMILES string of the molecule is CCCNC(CCO)COc1cccc(F)c1F. The Kier molecular flexibility index (Phi) is 6.60. The molecule has 1 rings (SSSR count). The zero-order valence-corrected chi connectivity index (χ0v) is 10.5. The molecule has 2 N–H and O–H groups in total. The van der Waals surface area contributed by atoms with Gasteiger partial charge in [0.05, 0.1) is 0 Å². The Morgan fingerprint density at radius 2 is 2.17 bits per heavy atom. The van der Waals surface area contributed by atoms with E-state index in [1.165, 1.54) is 12.1 Å². The van der Waals surface area contributed by atoms with Crippen LogP contribution in [0.15, 0.2) is 18.2 Å². The summed E-state index contributed by atoms with van der Waals surface area (Å²) in [7, 11) is 0. The molecule has 1 atom stereocenters. The summed E-state index contributed by atoms with van der Waals surface area (Å²) < 4.78 is 31.5. The van der Waals surface area contributed by atoms with Crippen molar-refractivity contribution >= 4 is 0 Å². The summed E-state index contributed by atoms with van der Waals surface area (Å²) in [5.41, 5.74) is 0. The molecule has 0 aliphatic rings. The molecule has 1 aromatic carbocycles. The molecule has 0 aromatic heterocycles. The Labute approximate surface area is 106 Å². The smallest absolute Gasteiger partial charge is 0.200 e. The first-order valence-corrected chi connectivity index (χ1v) is 6.10. The van der Waals surface area contributed by atoms with Gasteiger partial charge in [-0.3, -0.25) is 0 Å². The van der Waals surface area contributed by atoms with Crippen molar-refractivity contribution in [3.63, 3.8) is 0 Å². The average Bonchev–Trinajstić information content (AvgIpc) is 2.37. The Balaban J connectivity index is 2.52. The number of hydrogen-bond donors (Lipinski definition) is 2. The van der Waals surface area contributed by atoms with Crippen LogP contribution in [0.4, 0.5) is 8.78 Å². The van der Waals surface area contributed by atoms with E-state index < -0.39 is 11.6 Å². The minimum atomic E-state index is -0.976. The van der Waals surface area contributed by atoms with Crippen molar-refractivity contribution in [1.82, 2.24) is 5.32 Å². The third-order valence-electron chi connectivity index (χ3n) is 2.52. The highest BCUT2D eigenvalue weighted by atomic mass is 19.2. The summed E-state index contributed by atoms with van der Waals surface area (Å²) in [5, 5.41) is 12.1. The van der Waals surface area contributed by atoms with Crippen LogP contribution in [0.3, 0.4) is 0 Å². The Morgan fingerprint density at radius 3 is 2.83 bits per heavy atom. The largest absolute Gasteiger partial charge is 0.489 e. The molecule has 18 heavy (non-hydrogen) atoms. The monoisotopic (exact) mass is 259 g/mol. The van der Waals surface area contributed by atoms with E-state index in [2.05, 4.69) is 5.32 Å². The lowest BCUT2D eigenvalue weighted by molar-refractivity contribution is 0.208. The summed E-state index contributed by atoms with van der Waals surface area (Å²) >= 11 is 0. The topological polar surface area (TPSA) is 41.5 Å². The lowest BCUT2D eigenvalue weighted by Gasteiger charge is -2.18. The third-order valence-corrected chi connectivity index (χ3v) is 2.52. The first-order chi connectivity index (χ1) is 8.69. The van der Waals surface area contributed by atoms with E-state index in [-0.39, 0.29) is 25.0 Å². The maximum atomic E-state index is 13.3. The van der Waals surface area contributed by atoms with Crippen molar-refractivity contribution < 1.29 is 18.6 Å². The number of hydrogen-bond acceptors (Lipinski definition) is 3. The second-order valence-electron chi connectivity index (χ2n) is 4.03. The van der Waals surface area contributed by atoms with Crippen LogP contribution in [0.2, 0.25) is 0 Å². The van der Waals surface area contributed by atoms with Crippen LogP contribution < -0.4 is 10.1 Å². The molecular weight excluding hydrogens is 240 g/mol. The van der Waals surface area contributed by atoms with Crippen molar-refractivity contribution in [1.29, 1.82) is 0 Å². The Hall–Kier alpha value is -1.20. The molecule has 0 saturated carbocycles. The Bertz CT molecular complexity index is 361. The third kappa shape index (κ3) is 4.58. The van der Waals surface area contributed by atoms with Gasteiger partial charge in [0, 0.05) is 12.6 Å². The predicted octanol–water partition coefficient (Wildman–Crippen LogP) is 2.09. The molecule has 1 aromatic rings. The standard InChI is InChI=1S/C13H19F2NO2/c1-2-7-16-10(6-8-17)9-18-12-5-3-4-11(14)13(12)15/h3-5,10,16-17H,2,6-9H2,1H3. The second-order valence-corrected chi connectivity index (χ2v) is 4.03. The number of ether oxygens (including phenoxy) is 1.